The number of rotatable bonds is 2. The van der Waals surface area contributed by atoms with Crippen LogP contribution in [0.15, 0.2) is 114 Å². The highest BCUT2D eigenvalue weighted by atomic mass is 32.1. The Morgan fingerprint density at radius 1 is 0.500 bits per heavy atom. The van der Waals surface area contributed by atoms with E-state index in [9.17, 15) is 17.6 Å². The van der Waals surface area contributed by atoms with Crippen LogP contribution in [0.3, 0.4) is 0 Å². The minimum Gasteiger partial charge on any atom is -0.455 e. The van der Waals surface area contributed by atoms with E-state index in [0.717, 1.165) is 81.5 Å². The van der Waals surface area contributed by atoms with Crippen LogP contribution in [0.25, 0.3) is 64.7 Å². The monoisotopic (exact) mass is 622 g/mol. The third-order valence-electron chi connectivity index (χ3n) is 9.13. The van der Waals surface area contributed by atoms with Gasteiger partial charge in [0.25, 0.3) is 0 Å². The Morgan fingerprint density at radius 2 is 1.04 bits per heavy atom. The SMILES string of the molecule is Fc1cc(F)cc(C2=c3cc4cc5c(cc4cc3-c3oc4ccccc4c32)=C(c2cc(F)cc(F)c2)c2c-5sc3ccccc23)c1. The molecule has 0 N–H and O–H groups in total. The van der Waals surface area contributed by atoms with Crippen LogP contribution in [0.4, 0.5) is 17.6 Å². The zero-order valence-corrected chi connectivity index (χ0v) is 24.5. The second kappa shape index (κ2) is 9.05. The van der Waals surface area contributed by atoms with Gasteiger partial charge in [-0.25, -0.2) is 17.6 Å². The van der Waals surface area contributed by atoms with Crippen molar-refractivity contribution in [1.82, 2.24) is 0 Å². The number of halogens is 4. The summed E-state index contributed by atoms with van der Waals surface area (Å²) in [6.45, 7) is 0. The Kier molecular flexibility index (Phi) is 5.08. The molecule has 0 atom stereocenters. The Morgan fingerprint density at radius 3 is 1.72 bits per heavy atom. The topological polar surface area (TPSA) is 13.1 Å². The molecule has 0 spiro atoms. The molecule has 10 rings (SSSR count). The van der Waals surface area contributed by atoms with Gasteiger partial charge in [-0.2, -0.15) is 0 Å². The highest BCUT2D eigenvalue weighted by molar-refractivity contribution is 7.22. The lowest BCUT2D eigenvalue weighted by Crippen LogP contribution is -2.10. The molecule has 0 fully saturated rings. The molecular weight excluding hydrogens is 604 g/mol. The molecule has 6 aromatic carbocycles. The number of benzene rings is 6. The summed E-state index contributed by atoms with van der Waals surface area (Å²) in [5.74, 6) is -1.94. The molecule has 46 heavy (non-hydrogen) atoms. The van der Waals surface area contributed by atoms with E-state index < -0.39 is 23.3 Å². The second-order valence-electron chi connectivity index (χ2n) is 11.8. The molecule has 2 aliphatic rings. The summed E-state index contributed by atoms with van der Waals surface area (Å²) in [5.41, 5.74) is 6.64. The van der Waals surface area contributed by atoms with E-state index in [0.29, 0.717) is 28.0 Å². The third-order valence-corrected chi connectivity index (χ3v) is 10.3. The molecule has 0 saturated heterocycles. The molecule has 1 nitrogen and oxygen atoms in total. The van der Waals surface area contributed by atoms with Gasteiger partial charge in [0.1, 0.15) is 34.6 Å². The lowest BCUT2D eigenvalue weighted by molar-refractivity contribution is 0.582. The van der Waals surface area contributed by atoms with Crippen molar-refractivity contribution in [2.24, 2.45) is 0 Å². The van der Waals surface area contributed by atoms with E-state index in [2.05, 4.69) is 24.3 Å². The van der Waals surface area contributed by atoms with Gasteiger partial charge in [-0.1, -0.05) is 36.4 Å². The number of hydrogen-bond acceptors (Lipinski definition) is 2. The van der Waals surface area contributed by atoms with Gasteiger partial charge in [0.15, 0.2) is 0 Å². The largest absolute Gasteiger partial charge is 0.455 e. The molecule has 0 bridgehead atoms. The fraction of sp³-hybridized carbons (Fsp3) is 0. The van der Waals surface area contributed by atoms with Crippen LogP contribution in [0.2, 0.25) is 0 Å². The predicted octanol–water partition coefficient (Wildman–Crippen LogP) is 9.81. The molecular formula is C40H18F4OS. The minimum absolute atomic E-state index is 0.431. The van der Waals surface area contributed by atoms with Gasteiger partial charge in [0.2, 0.25) is 0 Å². The van der Waals surface area contributed by atoms with Crippen LogP contribution in [0.5, 0.6) is 0 Å². The Hall–Kier alpha value is -5.46. The maximum Gasteiger partial charge on any atom is 0.143 e. The van der Waals surface area contributed by atoms with E-state index in [-0.39, 0.29) is 0 Å². The van der Waals surface area contributed by atoms with Gasteiger partial charge in [-0.05, 0) is 98.6 Å². The number of hydrogen-bond donors (Lipinski definition) is 0. The molecule has 0 radical (unpaired) electrons. The van der Waals surface area contributed by atoms with Crippen molar-refractivity contribution < 1.29 is 22.0 Å². The molecule has 2 aromatic heterocycles. The fourth-order valence-electron chi connectivity index (χ4n) is 7.37. The van der Waals surface area contributed by atoms with E-state index in [1.807, 2.05) is 48.5 Å². The first kappa shape index (κ1) is 25.8. The van der Waals surface area contributed by atoms with E-state index >= 15 is 0 Å². The summed E-state index contributed by atoms with van der Waals surface area (Å²) in [7, 11) is 0. The van der Waals surface area contributed by atoms with Crippen LogP contribution in [0.1, 0.15) is 22.3 Å². The van der Waals surface area contributed by atoms with Crippen molar-refractivity contribution in [3.8, 4) is 21.8 Å². The summed E-state index contributed by atoms with van der Waals surface area (Å²) in [5, 5.41) is 5.44. The first-order valence-electron chi connectivity index (χ1n) is 14.8. The number of furan rings is 1. The second-order valence-corrected chi connectivity index (χ2v) is 12.9. The van der Waals surface area contributed by atoms with Gasteiger partial charge in [0, 0.05) is 60.3 Å². The molecule has 6 heteroatoms. The van der Waals surface area contributed by atoms with Gasteiger partial charge < -0.3 is 4.42 Å². The summed E-state index contributed by atoms with van der Waals surface area (Å²) in [6, 6.07) is 31.2. The number of thiophene rings is 1. The highest BCUT2D eigenvalue weighted by Gasteiger charge is 2.31. The Balaban J connectivity index is 1.34. The van der Waals surface area contributed by atoms with Crippen molar-refractivity contribution in [2.45, 2.75) is 0 Å². The van der Waals surface area contributed by atoms with Gasteiger partial charge in [-0.15, -0.1) is 11.3 Å². The standard InChI is InChI=1S/C40H18F4OS/c41-23-9-21(10-24(42)17-23)35-29-13-20-16-32-30(14-19(20)15-31(29)39-37(35)27-5-1-3-7-33(27)45-39)36(22-11-25(43)18-26(44)12-22)38-28-6-2-4-8-34(28)46-40(32)38/h1-18H. The molecule has 2 aliphatic carbocycles. The van der Waals surface area contributed by atoms with E-state index in [1.165, 1.54) is 24.3 Å². The van der Waals surface area contributed by atoms with Crippen molar-refractivity contribution in [3.05, 3.63) is 165 Å². The summed E-state index contributed by atoms with van der Waals surface area (Å²) in [4.78, 5) is 1.03. The van der Waals surface area contributed by atoms with Crippen molar-refractivity contribution in [1.29, 1.82) is 0 Å². The van der Waals surface area contributed by atoms with Crippen LogP contribution >= 0.6 is 11.3 Å². The molecule has 0 unspecified atom stereocenters. The molecule has 0 saturated carbocycles. The molecule has 2 heterocycles. The predicted molar refractivity (Wildman–Crippen MR) is 175 cm³/mol. The zero-order chi connectivity index (χ0) is 30.8. The highest BCUT2D eigenvalue weighted by Crippen LogP contribution is 2.48. The fourth-order valence-corrected chi connectivity index (χ4v) is 8.61. The first-order chi connectivity index (χ1) is 22.4. The van der Waals surface area contributed by atoms with E-state index in [4.69, 9.17) is 4.42 Å². The first-order valence-corrected chi connectivity index (χ1v) is 15.6. The average molecular weight is 623 g/mol. The average Bonchev–Trinajstić information content (AvgIpc) is 3.75. The van der Waals surface area contributed by atoms with Gasteiger partial charge >= 0.3 is 0 Å². The zero-order valence-electron chi connectivity index (χ0n) is 23.7. The van der Waals surface area contributed by atoms with Crippen LogP contribution in [-0.2, 0) is 0 Å². The Labute approximate surface area is 262 Å². The normalized spacial score (nSPS) is 13.1. The van der Waals surface area contributed by atoms with Gasteiger partial charge in [-0.3, -0.25) is 0 Å². The number of para-hydroxylation sites is 1. The lowest BCUT2D eigenvalue weighted by Gasteiger charge is -2.08. The van der Waals surface area contributed by atoms with Crippen LogP contribution < -0.4 is 10.4 Å². The quantitative estimate of drug-likeness (QED) is 0.175. The lowest BCUT2D eigenvalue weighted by atomic mass is 9.96. The van der Waals surface area contributed by atoms with Crippen molar-refractivity contribution in [3.63, 3.8) is 0 Å². The van der Waals surface area contributed by atoms with Crippen LogP contribution in [-0.4, -0.2) is 0 Å². The summed E-state index contributed by atoms with van der Waals surface area (Å²) >= 11 is 1.65. The van der Waals surface area contributed by atoms with E-state index in [1.54, 1.807) is 11.3 Å². The maximum absolute atomic E-state index is 14.6. The number of fused-ring (bicyclic) bond motifs is 11. The third kappa shape index (κ3) is 3.50. The summed E-state index contributed by atoms with van der Waals surface area (Å²) in [6.07, 6.45) is 0. The molecule has 0 aliphatic heterocycles. The van der Waals surface area contributed by atoms with Crippen molar-refractivity contribution in [2.75, 3.05) is 0 Å². The molecule has 8 aromatic rings. The van der Waals surface area contributed by atoms with Crippen LogP contribution in [0, 0.1) is 23.3 Å². The maximum atomic E-state index is 14.6. The van der Waals surface area contributed by atoms with Crippen molar-refractivity contribution >= 4 is 54.3 Å². The smallest absolute Gasteiger partial charge is 0.143 e. The molecule has 218 valence electrons. The molecule has 0 amide bonds. The summed E-state index contributed by atoms with van der Waals surface area (Å²) < 4.78 is 65.9. The van der Waals surface area contributed by atoms with Gasteiger partial charge in [0.05, 0.1) is 0 Å². The minimum atomic E-state index is -0.655. The Bertz CT molecular complexity index is 2570.